The minimum absolute atomic E-state index is 0.0506. The third-order valence-electron chi connectivity index (χ3n) is 6.65. The minimum atomic E-state index is -5.13. The molecule has 0 heterocycles. The first-order chi connectivity index (χ1) is 19.0. The van der Waals surface area contributed by atoms with E-state index in [2.05, 4.69) is 15.3 Å². The number of benzene rings is 2. The van der Waals surface area contributed by atoms with Crippen molar-refractivity contribution in [3.8, 4) is 0 Å². The SMILES string of the molecule is CN=NC(=NN)N(Cc1cc(C(F)(F)F)cc(C(F)(F)F)c1)Cc1cc(C(F)(F)F)ccc1C(=O)CC1CCCC1. The number of halogens is 9. The molecule has 0 bridgehead atoms. The summed E-state index contributed by atoms with van der Waals surface area (Å²) < 4.78 is 121. The maximum Gasteiger partial charge on any atom is 0.416 e. The second-order valence-electron chi connectivity index (χ2n) is 9.65. The first-order valence-corrected chi connectivity index (χ1v) is 12.4. The molecule has 1 fully saturated rings. The molecule has 0 aliphatic heterocycles. The van der Waals surface area contributed by atoms with Crippen LogP contribution in [0.2, 0.25) is 0 Å². The monoisotopic (exact) mass is 595 g/mol. The lowest BCUT2D eigenvalue weighted by atomic mass is 9.93. The number of hydrogen-bond donors (Lipinski definition) is 1. The third kappa shape index (κ3) is 8.43. The second kappa shape index (κ2) is 12.5. The van der Waals surface area contributed by atoms with Crippen LogP contribution in [0.3, 0.4) is 0 Å². The fourth-order valence-electron chi connectivity index (χ4n) is 4.75. The lowest BCUT2D eigenvalue weighted by Crippen LogP contribution is -2.31. The third-order valence-corrected chi connectivity index (χ3v) is 6.65. The summed E-state index contributed by atoms with van der Waals surface area (Å²) >= 11 is 0. The zero-order valence-corrected chi connectivity index (χ0v) is 21.7. The van der Waals surface area contributed by atoms with Gasteiger partial charge >= 0.3 is 18.5 Å². The molecule has 0 aromatic heterocycles. The molecule has 3 rings (SSSR count). The molecule has 2 N–H and O–H groups in total. The Kier molecular flexibility index (Phi) is 9.70. The summed E-state index contributed by atoms with van der Waals surface area (Å²) in [6.07, 6.45) is -11.6. The van der Waals surface area contributed by atoms with Crippen LogP contribution in [0.15, 0.2) is 51.7 Å². The van der Waals surface area contributed by atoms with E-state index in [-0.39, 0.29) is 29.5 Å². The molecule has 0 saturated heterocycles. The van der Waals surface area contributed by atoms with Crippen molar-refractivity contribution in [1.29, 1.82) is 0 Å². The van der Waals surface area contributed by atoms with Crippen LogP contribution in [0.25, 0.3) is 0 Å². The van der Waals surface area contributed by atoms with Gasteiger partial charge in [-0.1, -0.05) is 31.7 Å². The van der Waals surface area contributed by atoms with E-state index >= 15 is 0 Å². The van der Waals surface area contributed by atoms with Crippen LogP contribution < -0.4 is 5.84 Å². The lowest BCUT2D eigenvalue weighted by Gasteiger charge is -2.25. The number of nitrogens with two attached hydrogens (primary N) is 1. The smallest absolute Gasteiger partial charge is 0.330 e. The summed E-state index contributed by atoms with van der Waals surface area (Å²) in [4.78, 5) is 14.1. The number of hydrazone groups is 1. The summed E-state index contributed by atoms with van der Waals surface area (Å²) in [5.41, 5.74) is -5.04. The fourth-order valence-corrected chi connectivity index (χ4v) is 4.75. The van der Waals surface area contributed by atoms with Crippen LogP contribution in [0.5, 0.6) is 0 Å². The van der Waals surface area contributed by atoms with E-state index < -0.39 is 65.6 Å². The molecule has 2 aromatic carbocycles. The Labute approximate surface area is 229 Å². The highest BCUT2D eigenvalue weighted by atomic mass is 19.4. The Hall–Kier alpha value is -3.65. The van der Waals surface area contributed by atoms with Crippen LogP contribution in [-0.4, -0.2) is 23.7 Å². The van der Waals surface area contributed by atoms with E-state index in [0.29, 0.717) is 18.2 Å². The van der Waals surface area contributed by atoms with Crippen LogP contribution in [0, 0.1) is 5.92 Å². The predicted molar refractivity (Wildman–Crippen MR) is 130 cm³/mol. The molecule has 1 aliphatic carbocycles. The van der Waals surface area contributed by atoms with Crippen molar-refractivity contribution in [1.82, 2.24) is 4.90 Å². The summed E-state index contributed by atoms with van der Waals surface area (Å²) in [6, 6.07) is 3.35. The molecule has 0 radical (unpaired) electrons. The molecular weight excluding hydrogens is 569 g/mol. The van der Waals surface area contributed by atoms with E-state index in [4.69, 9.17) is 5.84 Å². The Balaban J connectivity index is 2.10. The van der Waals surface area contributed by atoms with Crippen molar-refractivity contribution in [2.75, 3.05) is 7.05 Å². The van der Waals surface area contributed by atoms with Gasteiger partial charge in [-0.05, 0) is 47.4 Å². The molecular formula is C26H26F9N5O. The number of ketones is 1. The Morgan fingerprint density at radius 3 is 1.90 bits per heavy atom. The van der Waals surface area contributed by atoms with Crippen molar-refractivity contribution in [3.05, 3.63) is 69.8 Å². The molecule has 2 aromatic rings. The van der Waals surface area contributed by atoms with E-state index in [1.807, 2.05) is 0 Å². The number of guanidine groups is 1. The number of Topliss-reactive ketones (excluding diaryl/α,β-unsaturated/α-hetero) is 1. The van der Waals surface area contributed by atoms with Crippen molar-refractivity contribution in [2.45, 2.75) is 63.7 Å². The fraction of sp³-hybridized carbons (Fsp3) is 0.462. The number of nitrogens with zero attached hydrogens (tertiary/aromatic N) is 4. The highest BCUT2D eigenvalue weighted by Gasteiger charge is 2.37. The normalized spacial score (nSPS) is 15.6. The summed E-state index contributed by atoms with van der Waals surface area (Å²) in [5.74, 6) is 4.47. The summed E-state index contributed by atoms with van der Waals surface area (Å²) in [5, 5.41) is 10.5. The predicted octanol–water partition coefficient (Wildman–Crippen LogP) is 7.82. The van der Waals surface area contributed by atoms with Crippen LogP contribution in [-0.2, 0) is 31.6 Å². The van der Waals surface area contributed by atoms with Crippen LogP contribution in [0.4, 0.5) is 39.5 Å². The maximum absolute atomic E-state index is 13.6. The number of hydrogen-bond acceptors (Lipinski definition) is 4. The first kappa shape index (κ1) is 31.9. The van der Waals surface area contributed by atoms with Gasteiger partial charge in [0.25, 0.3) is 5.96 Å². The van der Waals surface area contributed by atoms with E-state index in [1.165, 1.54) is 7.05 Å². The van der Waals surface area contributed by atoms with Gasteiger partial charge in [0.05, 0.1) is 16.7 Å². The maximum atomic E-state index is 13.6. The number of carbonyl (C=O) groups is 1. The van der Waals surface area contributed by atoms with Gasteiger partial charge in [-0.2, -0.15) is 44.6 Å². The zero-order valence-electron chi connectivity index (χ0n) is 21.7. The van der Waals surface area contributed by atoms with Gasteiger partial charge in [-0.15, -0.1) is 10.2 Å². The zero-order chi connectivity index (χ0) is 30.6. The van der Waals surface area contributed by atoms with Crippen molar-refractivity contribution < 1.29 is 44.3 Å². The van der Waals surface area contributed by atoms with Gasteiger partial charge in [0.2, 0.25) is 0 Å². The topological polar surface area (TPSA) is 83.4 Å². The Bertz CT molecular complexity index is 1260. The molecule has 0 atom stereocenters. The molecule has 0 unspecified atom stereocenters. The highest BCUT2D eigenvalue weighted by Crippen LogP contribution is 2.37. The van der Waals surface area contributed by atoms with Gasteiger partial charge in [0.1, 0.15) is 0 Å². The number of azo groups is 1. The molecule has 6 nitrogen and oxygen atoms in total. The lowest BCUT2D eigenvalue weighted by molar-refractivity contribution is -0.143. The minimum Gasteiger partial charge on any atom is -0.330 e. The van der Waals surface area contributed by atoms with Crippen molar-refractivity contribution in [3.63, 3.8) is 0 Å². The standard InChI is InChI=1S/C26H26F9N5O/c1-37-39-23(38-36)40(13-16-8-19(25(30,31)32)12-20(9-16)26(33,34)35)14-17-11-18(24(27,28)29)6-7-21(17)22(41)10-15-4-2-3-5-15/h6-9,11-12,15H,2-5,10,13-14,36H2,1H3. The molecule has 15 heteroatoms. The van der Waals surface area contributed by atoms with Gasteiger partial charge in [-0.3, -0.25) is 4.79 Å². The second-order valence-corrected chi connectivity index (χ2v) is 9.65. The van der Waals surface area contributed by atoms with Crippen molar-refractivity contribution >= 4 is 11.7 Å². The molecule has 1 saturated carbocycles. The molecule has 41 heavy (non-hydrogen) atoms. The van der Waals surface area contributed by atoms with E-state index in [0.717, 1.165) is 42.7 Å². The quantitative estimate of drug-likeness (QED) is 0.0674. The highest BCUT2D eigenvalue weighted by molar-refractivity contribution is 5.98. The molecule has 0 spiro atoms. The summed E-state index contributed by atoms with van der Waals surface area (Å²) in [6.45, 7) is -1.35. The average molecular weight is 596 g/mol. The Morgan fingerprint density at radius 1 is 0.854 bits per heavy atom. The average Bonchev–Trinajstić information content (AvgIpc) is 3.38. The largest absolute Gasteiger partial charge is 0.416 e. The van der Waals surface area contributed by atoms with Crippen LogP contribution in [0.1, 0.15) is 70.3 Å². The number of carbonyl (C=O) groups excluding carboxylic acids is 1. The first-order valence-electron chi connectivity index (χ1n) is 12.4. The summed E-state index contributed by atoms with van der Waals surface area (Å²) in [7, 11) is 1.18. The van der Waals surface area contributed by atoms with E-state index in [9.17, 15) is 44.3 Å². The Morgan fingerprint density at radius 2 is 1.41 bits per heavy atom. The van der Waals surface area contributed by atoms with E-state index in [1.54, 1.807) is 0 Å². The van der Waals surface area contributed by atoms with Crippen molar-refractivity contribution in [2.24, 2.45) is 27.1 Å². The molecule has 0 amide bonds. The van der Waals surface area contributed by atoms with Gasteiger partial charge in [0, 0.05) is 32.1 Å². The van der Waals surface area contributed by atoms with Gasteiger partial charge in [-0.25, -0.2) is 0 Å². The van der Waals surface area contributed by atoms with Gasteiger partial charge in [0.15, 0.2) is 5.78 Å². The van der Waals surface area contributed by atoms with Gasteiger partial charge < -0.3 is 10.7 Å². The molecule has 224 valence electrons. The van der Waals surface area contributed by atoms with Crippen LogP contribution >= 0.6 is 0 Å². The molecule has 1 aliphatic rings. The number of alkyl halides is 9. The number of rotatable bonds is 7.